The Morgan fingerprint density at radius 3 is 1.93 bits per heavy atom. The third-order valence-electron chi connectivity index (χ3n) is 5.74. The van der Waals surface area contributed by atoms with Crippen LogP contribution in [0, 0.1) is 20.8 Å². The molecule has 0 bridgehead atoms. The third kappa shape index (κ3) is 2.98. The second-order valence-corrected chi connectivity index (χ2v) is 7.84. The van der Waals surface area contributed by atoms with Crippen molar-refractivity contribution in [3.05, 3.63) is 95.6 Å². The quantitative estimate of drug-likeness (QED) is 0.274. The van der Waals surface area contributed by atoms with E-state index in [2.05, 4.69) is 110 Å². The first-order valence-corrected chi connectivity index (χ1v) is 10.1. The maximum Gasteiger partial charge on any atom is 0.0497 e. The van der Waals surface area contributed by atoms with Crippen molar-refractivity contribution >= 4 is 43.6 Å². The molecule has 0 aliphatic rings. The molecule has 0 amide bonds. The normalized spacial score (nSPS) is 11.3. The van der Waals surface area contributed by atoms with Crippen molar-refractivity contribution in [2.24, 2.45) is 0 Å². The summed E-state index contributed by atoms with van der Waals surface area (Å²) < 4.78 is 0. The van der Waals surface area contributed by atoms with Crippen molar-refractivity contribution in [2.45, 2.75) is 20.8 Å². The van der Waals surface area contributed by atoms with Crippen LogP contribution >= 0.6 is 0 Å². The number of para-hydroxylation sites is 2. The summed E-state index contributed by atoms with van der Waals surface area (Å²) in [7, 11) is 0. The number of aromatic nitrogens is 2. The van der Waals surface area contributed by atoms with E-state index in [0.717, 1.165) is 0 Å². The Morgan fingerprint density at radius 2 is 1.14 bits per heavy atom. The number of hydrogen-bond donors (Lipinski definition) is 2. The highest BCUT2D eigenvalue weighted by Crippen LogP contribution is 2.30. The van der Waals surface area contributed by atoms with E-state index in [4.69, 9.17) is 0 Å². The lowest BCUT2D eigenvalue weighted by molar-refractivity contribution is 1.42. The topological polar surface area (TPSA) is 31.6 Å². The van der Waals surface area contributed by atoms with Crippen LogP contribution in [0.15, 0.2) is 78.9 Å². The van der Waals surface area contributed by atoms with Gasteiger partial charge in [0.1, 0.15) is 0 Å². The molecule has 0 fully saturated rings. The first-order chi connectivity index (χ1) is 14.1. The van der Waals surface area contributed by atoms with Crippen LogP contribution < -0.4 is 0 Å². The molecule has 2 aromatic heterocycles. The largest absolute Gasteiger partial charge is 0.355 e. The number of aryl methyl sites for hydroxylation is 3. The van der Waals surface area contributed by atoms with Gasteiger partial charge in [-0.2, -0.15) is 0 Å². The molecule has 2 heteroatoms. The SMILES string of the molecule is Cc1ccc(C)c2c1[nH]c1ccccc12.Cc1ccc2c(c1)[nH]c1ccccc12. The van der Waals surface area contributed by atoms with Crippen LogP contribution in [0.2, 0.25) is 0 Å². The van der Waals surface area contributed by atoms with E-state index in [1.54, 1.807) is 0 Å². The number of aromatic amines is 2. The van der Waals surface area contributed by atoms with Crippen LogP contribution in [0.1, 0.15) is 16.7 Å². The van der Waals surface area contributed by atoms with Gasteiger partial charge in [0.05, 0.1) is 0 Å². The van der Waals surface area contributed by atoms with Gasteiger partial charge in [0.25, 0.3) is 0 Å². The van der Waals surface area contributed by atoms with Crippen molar-refractivity contribution in [3.8, 4) is 0 Å². The Hall–Kier alpha value is -3.52. The first kappa shape index (κ1) is 17.6. The van der Waals surface area contributed by atoms with Gasteiger partial charge in [-0.25, -0.2) is 0 Å². The minimum Gasteiger partial charge on any atom is -0.355 e. The van der Waals surface area contributed by atoms with Crippen LogP contribution in [0.5, 0.6) is 0 Å². The molecule has 6 rings (SSSR count). The van der Waals surface area contributed by atoms with E-state index < -0.39 is 0 Å². The van der Waals surface area contributed by atoms with Gasteiger partial charge in [-0.3, -0.25) is 0 Å². The molecule has 2 heterocycles. The summed E-state index contributed by atoms with van der Waals surface area (Å²) in [5.74, 6) is 0. The van der Waals surface area contributed by atoms with Crippen molar-refractivity contribution in [2.75, 3.05) is 0 Å². The summed E-state index contributed by atoms with van der Waals surface area (Å²) in [5.41, 5.74) is 8.89. The lowest BCUT2D eigenvalue weighted by Gasteiger charge is -1.99. The number of fused-ring (bicyclic) bond motifs is 6. The van der Waals surface area contributed by atoms with Crippen LogP contribution in [-0.2, 0) is 0 Å². The summed E-state index contributed by atoms with van der Waals surface area (Å²) in [6, 6.07) is 27.8. The molecular formula is C27H24N2. The fraction of sp³-hybridized carbons (Fsp3) is 0.111. The summed E-state index contributed by atoms with van der Waals surface area (Å²) >= 11 is 0. The van der Waals surface area contributed by atoms with E-state index in [9.17, 15) is 0 Å². The molecule has 29 heavy (non-hydrogen) atoms. The van der Waals surface area contributed by atoms with Crippen molar-refractivity contribution in [1.29, 1.82) is 0 Å². The molecule has 142 valence electrons. The Bertz CT molecular complexity index is 1480. The zero-order chi connectivity index (χ0) is 20.0. The maximum absolute atomic E-state index is 3.49. The predicted octanol–water partition coefficient (Wildman–Crippen LogP) is 7.57. The van der Waals surface area contributed by atoms with Crippen LogP contribution in [-0.4, -0.2) is 9.97 Å². The Labute approximate surface area is 170 Å². The number of benzene rings is 4. The van der Waals surface area contributed by atoms with Gasteiger partial charge < -0.3 is 9.97 Å². The number of H-pyrrole nitrogens is 2. The van der Waals surface area contributed by atoms with Gasteiger partial charge in [0.15, 0.2) is 0 Å². The molecular weight excluding hydrogens is 352 g/mol. The third-order valence-corrected chi connectivity index (χ3v) is 5.74. The average Bonchev–Trinajstić information content (AvgIpc) is 3.30. The van der Waals surface area contributed by atoms with Crippen molar-refractivity contribution < 1.29 is 0 Å². The molecule has 0 aliphatic heterocycles. The van der Waals surface area contributed by atoms with Gasteiger partial charge in [-0.05, 0) is 55.7 Å². The number of hydrogen-bond acceptors (Lipinski definition) is 0. The average molecular weight is 377 g/mol. The molecule has 0 spiro atoms. The molecule has 6 aromatic rings. The van der Waals surface area contributed by atoms with Crippen LogP contribution in [0.4, 0.5) is 0 Å². The van der Waals surface area contributed by atoms with Gasteiger partial charge in [-0.15, -0.1) is 0 Å². The predicted molar refractivity (Wildman–Crippen MR) is 126 cm³/mol. The van der Waals surface area contributed by atoms with Gasteiger partial charge in [-0.1, -0.05) is 60.7 Å². The maximum atomic E-state index is 3.49. The lowest BCUT2D eigenvalue weighted by Crippen LogP contribution is -1.79. The Morgan fingerprint density at radius 1 is 0.517 bits per heavy atom. The minimum absolute atomic E-state index is 1.22. The van der Waals surface area contributed by atoms with Crippen molar-refractivity contribution in [3.63, 3.8) is 0 Å². The van der Waals surface area contributed by atoms with E-state index in [1.165, 1.54) is 60.3 Å². The number of rotatable bonds is 0. The summed E-state index contributed by atoms with van der Waals surface area (Å²) in [4.78, 5) is 6.91. The van der Waals surface area contributed by atoms with Crippen LogP contribution in [0.3, 0.4) is 0 Å². The summed E-state index contributed by atoms with van der Waals surface area (Å²) in [6.07, 6.45) is 0. The fourth-order valence-corrected chi connectivity index (χ4v) is 4.23. The molecule has 0 atom stereocenters. The second kappa shape index (κ2) is 6.82. The summed E-state index contributed by atoms with van der Waals surface area (Å²) in [6.45, 7) is 6.43. The fourth-order valence-electron chi connectivity index (χ4n) is 4.23. The minimum atomic E-state index is 1.22. The van der Waals surface area contributed by atoms with Crippen molar-refractivity contribution in [1.82, 2.24) is 9.97 Å². The van der Waals surface area contributed by atoms with E-state index >= 15 is 0 Å². The van der Waals surface area contributed by atoms with E-state index in [0.29, 0.717) is 0 Å². The van der Waals surface area contributed by atoms with E-state index in [1.807, 2.05) is 0 Å². The Kier molecular flexibility index (Phi) is 4.13. The van der Waals surface area contributed by atoms with Gasteiger partial charge in [0, 0.05) is 43.6 Å². The molecule has 0 aliphatic carbocycles. The highest BCUT2D eigenvalue weighted by Gasteiger charge is 2.07. The van der Waals surface area contributed by atoms with E-state index in [-0.39, 0.29) is 0 Å². The molecule has 0 radical (unpaired) electrons. The van der Waals surface area contributed by atoms with Gasteiger partial charge >= 0.3 is 0 Å². The highest BCUT2D eigenvalue weighted by molar-refractivity contribution is 6.10. The zero-order valence-corrected chi connectivity index (χ0v) is 17.0. The summed E-state index contributed by atoms with van der Waals surface area (Å²) in [5, 5.41) is 5.31. The zero-order valence-electron chi connectivity index (χ0n) is 17.0. The second-order valence-electron chi connectivity index (χ2n) is 7.84. The molecule has 0 unspecified atom stereocenters. The number of nitrogens with one attached hydrogen (secondary N) is 2. The Balaban J connectivity index is 0.000000125. The molecule has 0 saturated heterocycles. The van der Waals surface area contributed by atoms with Crippen LogP contribution in [0.25, 0.3) is 43.6 Å². The smallest absolute Gasteiger partial charge is 0.0497 e. The first-order valence-electron chi connectivity index (χ1n) is 10.1. The highest BCUT2D eigenvalue weighted by atomic mass is 14.7. The molecule has 2 N–H and O–H groups in total. The standard InChI is InChI=1S/C14H13N.C13H11N/c1-9-7-8-10(2)14-13(9)11-5-3-4-6-12(11)15-14;1-9-6-7-11-10-4-2-3-5-12(10)14-13(11)8-9/h3-8,15H,1-2H3;2-8,14H,1H3. The molecule has 0 saturated carbocycles. The van der Waals surface area contributed by atoms with Gasteiger partial charge in [0.2, 0.25) is 0 Å². The lowest BCUT2D eigenvalue weighted by atomic mass is 10.0. The molecule has 4 aromatic carbocycles. The monoisotopic (exact) mass is 376 g/mol. The molecule has 2 nitrogen and oxygen atoms in total.